The highest BCUT2D eigenvalue weighted by molar-refractivity contribution is 7.89. The number of nitrogens with two attached hydrogens (primary N) is 1. The van der Waals surface area contributed by atoms with Gasteiger partial charge in [0.25, 0.3) is 0 Å². The van der Waals surface area contributed by atoms with Crippen LogP contribution in [0.2, 0.25) is 0 Å². The maximum Gasteiger partial charge on any atom is 0.246 e. The fraction of sp³-hybridized carbons (Fsp3) is 0.167. The van der Waals surface area contributed by atoms with Gasteiger partial charge in [-0.15, -0.1) is 13.2 Å². The predicted octanol–water partition coefficient (Wildman–Crippen LogP) is 1.91. The molecule has 0 fully saturated rings. The Morgan fingerprint density at radius 3 is 2.16 bits per heavy atom. The highest BCUT2D eigenvalue weighted by Gasteiger charge is 2.27. The van der Waals surface area contributed by atoms with Gasteiger partial charge < -0.3 is 5.73 Å². The number of rotatable bonds is 6. The molecule has 0 aromatic heterocycles. The molecule has 104 valence electrons. The lowest BCUT2D eigenvalue weighted by molar-refractivity contribution is 0.465. The van der Waals surface area contributed by atoms with Crippen molar-refractivity contribution in [3.05, 3.63) is 49.1 Å². The number of nitrogen functional groups attached to an aromatic ring is 1. The van der Waals surface area contributed by atoms with Crippen LogP contribution in [0.25, 0.3) is 0 Å². The van der Waals surface area contributed by atoms with Crippen LogP contribution in [0.15, 0.2) is 42.3 Å². The molecule has 0 saturated heterocycles. The number of sulfonamides is 1. The van der Waals surface area contributed by atoms with E-state index in [1.807, 2.05) is 0 Å². The van der Waals surface area contributed by atoms with E-state index in [1.54, 1.807) is 0 Å². The zero-order valence-electron chi connectivity index (χ0n) is 10.1. The molecule has 4 nitrogen and oxygen atoms in total. The Morgan fingerprint density at radius 2 is 1.68 bits per heavy atom. The van der Waals surface area contributed by atoms with Crippen LogP contribution in [0.4, 0.5) is 14.5 Å². The van der Waals surface area contributed by atoms with E-state index in [-0.39, 0.29) is 13.1 Å². The molecule has 0 aliphatic heterocycles. The van der Waals surface area contributed by atoms with E-state index in [1.165, 1.54) is 12.2 Å². The van der Waals surface area contributed by atoms with E-state index in [0.717, 1.165) is 10.4 Å². The van der Waals surface area contributed by atoms with E-state index in [4.69, 9.17) is 5.73 Å². The Kier molecular flexibility index (Phi) is 4.79. The molecule has 0 saturated carbocycles. The summed E-state index contributed by atoms with van der Waals surface area (Å²) in [6, 6.07) is 1.21. The number of hydrogen-bond donors (Lipinski definition) is 1. The fourth-order valence-corrected chi connectivity index (χ4v) is 2.90. The summed E-state index contributed by atoms with van der Waals surface area (Å²) < 4.78 is 52.0. The van der Waals surface area contributed by atoms with Gasteiger partial charge in [-0.05, 0) is 6.07 Å². The maximum atomic E-state index is 13.6. The molecular weight excluding hydrogens is 274 g/mol. The summed E-state index contributed by atoms with van der Waals surface area (Å²) in [7, 11) is -4.13. The number of hydrogen-bond acceptors (Lipinski definition) is 3. The largest absolute Gasteiger partial charge is 0.396 e. The van der Waals surface area contributed by atoms with E-state index >= 15 is 0 Å². The summed E-state index contributed by atoms with van der Waals surface area (Å²) in [6.07, 6.45) is 2.71. The van der Waals surface area contributed by atoms with Crippen LogP contribution < -0.4 is 5.73 Å². The molecule has 0 spiro atoms. The molecule has 2 N–H and O–H groups in total. The van der Waals surface area contributed by atoms with Crippen molar-refractivity contribution >= 4 is 15.7 Å². The molecule has 0 amide bonds. The normalized spacial score (nSPS) is 11.5. The average molecular weight is 288 g/mol. The van der Waals surface area contributed by atoms with Crippen LogP contribution in [-0.4, -0.2) is 25.8 Å². The Bertz CT molecular complexity index is 590. The first kappa shape index (κ1) is 15.3. The third-order valence-electron chi connectivity index (χ3n) is 2.33. The van der Waals surface area contributed by atoms with Crippen molar-refractivity contribution in [2.45, 2.75) is 4.90 Å². The standard InChI is InChI=1S/C12H14F2N2O2S/c1-3-5-16(6-4-2)19(17,18)12-8-11(15)9(13)7-10(12)14/h3-4,7-8H,1-2,5-6,15H2. The van der Waals surface area contributed by atoms with E-state index < -0.39 is 32.2 Å². The number of benzene rings is 1. The lowest BCUT2D eigenvalue weighted by atomic mass is 10.3. The summed E-state index contributed by atoms with van der Waals surface area (Å²) in [4.78, 5) is -0.671. The molecule has 7 heteroatoms. The van der Waals surface area contributed by atoms with Crippen LogP contribution in [0.5, 0.6) is 0 Å². The SMILES string of the molecule is C=CCN(CC=C)S(=O)(=O)c1cc(N)c(F)cc1F. The van der Waals surface area contributed by atoms with Gasteiger partial charge in [0, 0.05) is 19.2 Å². The molecule has 19 heavy (non-hydrogen) atoms. The Hall–Kier alpha value is -1.73. The summed E-state index contributed by atoms with van der Waals surface area (Å²) in [5.41, 5.74) is 4.84. The second-order valence-corrected chi connectivity index (χ2v) is 5.61. The summed E-state index contributed by atoms with van der Waals surface area (Å²) in [6.45, 7) is 6.80. The van der Waals surface area contributed by atoms with Gasteiger partial charge >= 0.3 is 0 Å². The first-order valence-corrected chi connectivity index (χ1v) is 6.75. The van der Waals surface area contributed by atoms with Crippen molar-refractivity contribution in [1.29, 1.82) is 0 Å². The van der Waals surface area contributed by atoms with Crippen molar-refractivity contribution in [3.63, 3.8) is 0 Å². The van der Waals surface area contributed by atoms with Crippen molar-refractivity contribution in [1.82, 2.24) is 4.31 Å². The van der Waals surface area contributed by atoms with Crippen LogP contribution in [0.1, 0.15) is 0 Å². The van der Waals surface area contributed by atoms with Crippen LogP contribution in [0, 0.1) is 11.6 Å². The molecule has 0 radical (unpaired) electrons. The molecule has 1 aromatic rings. The average Bonchev–Trinajstić information content (AvgIpc) is 2.33. The predicted molar refractivity (Wildman–Crippen MR) is 69.9 cm³/mol. The molecule has 0 aliphatic rings. The van der Waals surface area contributed by atoms with E-state index in [0.29, 0.717) is 6.07 Å². The first-order chi connectivity index (χ1) is 8.84. The molecule has 0 atom stereocenters. The number of halogens is 2. The van der Waals surface area contributed by atoms with Crippen LogP contribution in [0.3, 0.4) is 0 Å². The van der Waals surface area contributed by atoms with Gasteiger partial charge in [-0.1, -0.05) is 12.2 Å². The molecule has 0 aliphatic carbocycles. The minimum Gasteiger partial charge on any atom is -0.396 e. The lowest BCUT2D eigenvalue weighted by Crippen LogP contribution is -2.32. The van der Waals surface area contributed by atoms with Gasteiger partial charge in [-0.3, -0.25) is 0 Å². The number of anilines is 1. The summed E-state index contributed by atoms with van der Waals surface area (Å²) >= 11 is 0. The van der Waals surface area contributed by atoms with Crippen molar-refractivity contribution in [3.8, 4) is 0 Å². The molecule has 0 bridgehead atoms. The van der Waals surface area contributed by atoms with Crippen molar-refractivity contribution < 1.29 is 17.2 Å². The zero-order chi connectivity index (χ0) is 14.6. The third kappa shape index (κ3) is 3.18. The first-order valence-electron chi connectivity index (χ1n) is 5.31. The van der Waals surface area contributed by atoms with Gasteiger partial charge in [0.1, 0.15) is 16.5 Å². The van der Waals surface area contributed by atoms with Crippen LogP contribution >= 0.6 is 0 Å². The van der Waals surface area contributed by atoms with Gasteiger partial charge in [-0.2, -0.15) is 4.31 Å². The molecule has 0 heterocycles. The highest BCUT2D eigenvalue weighted by Crippen LogP contribution is 2.24. The quantitative estimate of drug-likeness (QED) is 0.642. The molecule has 1 rings (SSSR count). The van der Waals surface area contributed by atoms with Gasteiger partial charge in [-0.25, -0.2) is 17.2 Å². The number of nitrogens with zero attached hydrogens (tertiary/aromatic N) is 1. The Labute approximate surface area is 110 Å². The minimum atomic E-state index is -4.13. The highest BCUT2D eigenvalue weighted by atomic mass is 32.2. The van der Waals surface area contributed by atoms with Gasteiger partial charge in [0.15, 0.2) is 0 Å². The fourth-order valence-electron chi connectivity index (χ4n) is 1.44. The Morgan fingerprint density at radius 1 is 1.16 bits per heavy atom. The monoisotopic (exact) mass is 288 g/mol. The molecule has 1 aromatic carbocycles. The summed E-state index contributed by atoms with van der Waals surface area (Å²) in [5.74, 6) is -2.19. The van der Waals surface area contributed by atoms with E-state index in [2.05, 4.69) is 13.2 Å². The second kappa shape index (κ2) is 5.94. The maximum absolute atomic E-state index is 13.6. The minimum absolute atomic E-state index is 0.0227. The van der Waals surface area contributed by atoms with Crippen molar-refractivity contribution in [2.24, 2.45) is 0 Å². The third-order valence-corrected chi connectivity index (χ3v) is 4.18. The van der Waals surface area contributed by atoms with Gasteiger partial charge in [0.2, 0.25) is 10.0 Å². The van der Waals surface area contributed by atoms with Crippen LogP contribution in [-0.2, 0) is 10.0 Å². The molecular formula is C12H14F2N2O2S. The van der Waals surface area contributed by atoms with E-state index in [9.17, 15) is 17.2 Å². The van der Waals surface area contributed by atoms with Crippen molar-refractivity contribution in [2.75, 3.05) is 18.8 Å². The Balaban J connectivity index is 3.36. The second-order valence-electron chi connectivity index (χ2n) is 3.70. The topological polar surface area (TPSA) is 63.4 Å². The van der Waals surface area contributed by atoms with Gasteiger partial charge in [0.05, 0.1) is 5.69 Å². The molecule has 0 unspecified atom stereocenters. The smallest absolute Gasteiger partial charge is 0.246 e. The zero-order valence-corrected chi connectivity index (χ0v) is 11.0. The lowest BCUT2D eigenvalue weighted by Gasteiger charge is -2.19. The summed E-state index contributed by atoms with van der Waals surface area (Å²) in [5, 5.41) is 0.